The summed E-state index contributed by atoms with van der Waals surface area (Å²) in [6.07, 6.45) is -1.32. The minimum absolute atomic E-state index is 0.499. The van der Waals surface area contributed by atoms with E-state index in [2.05, 4.69) is 6.07 Å². The molecule has 17 heavy (non-hydrogen) atoms. The Bertz CT molecular complexity index is 484. The molecule has 0 N–H and O–H groups in total. The maximum Gasteiger partial charge on any atom is 0.416 e. The van der Waals surface area contributed by atoms with Crippen molar-refractivity contribution in [3.8, 4) is 6.07 Å². The fourth-order valence-corrected chi connectivity index (χ4v) is 2.24. The van der Waals surface area contributed by atoms with Crippen molar-refractivity contribution in [1.82, 2.24) is 0 Å². The first kappa shape index (κ1) is 12.3. The maximum atomic E-state index is 12.7. The number of alkyl halides is 3. The van der Waals surface area contributed by atoms with E-state index in [0.29, 0.717) is 23.3 Å². The minimum Gasteiger partial charge on any atom is -0.197 e. The fraction of sp³-hybridized carbons (Fsp3) is 0.417. The molecule has 0 spiro atoms. The predicted molar refractivity (Wildman–Crippen MR) is 59.8 cm³/mol. The number of rotatable bonds is 2. The fourth-order valence-electron chi connectivity index (χ4n) is 1.75. The van der Waals surface area contributed by atoms with E-state index in [0.717, 1.165) is 12.1 Å². The number of halogens is 3. The topological polar surface area (TPSA) is 23.8 Å². The summed E-state index contributed by atoms with van der Waals surface area (Å²) < 4.78 is 38.1. The van der Waals surface area contributed by atoms with E-state index in [1.165, 1.54) is 11.8 Å². The molecule has 5 heteroatoms. The first-order valence-corrected chi connectivity index (χ1v) is 6.32. The van der Waals surface area contributed by atoms with Crippen LogP contribution in [-0.2, 0) is 11.6 Å². The highest BCUT2D eigenvalue weighted by Crippen LogP contribution is 2.49. The lowest BCUT2D eigenvalue weighted by molar-refractivity contribution is -0.137. The monoisotopic (exact) mass is 257 g/mol. The molecule has 0 unspecified atom stereocenters. The number of hydrogen-bond acceptors (Lipinski definition) is 2. The average molecular weight is 257 g/mol. The van der Waals surface area contributed by atoms with Gasteiger partial charge in [-0.15, -0.1) is 11.8 Å². The van der Waals surface area contributed by atoms with Crippen LogP contribution in [0.2, 0.25) is 0 Å². The Morgan fingerprint density at radius 3 is 2.35 bits per heavy atom. The second-order valence-corrected chi connectivity index (χ2v) is 5.02. The smallest absolute Gasteiger partial charge is 0.197 e. The molecule has 0 amide bonds. The zero-order chi connectivity index (χ0) is 12.7. The van der Waals surface area contributed by atoms with E-state index < -0.39 is 17.2 Å². The van der Waals surface area contributed by atoms with Crippen LogP contribution < -0.4 is 0 Å². The summed E-state index contributed by atoms with van der Waals surface area (Å²) in [6, 6.07) is 6.05. The van der Waals surface area contributed by atoms with E-state index in [1.54, 1.807) is 12.3 Å². The number of benzene rings is 1. The lowest BCUT2D eigenvalue weighted by Crippen LogP contribution is -2.09. The van der Waals surface area contributed by atoms with E-state index in [9.17, 15) is 13.2 Å². The first-order valence-electron chi connectivity index (χ1n) is 5.09. The maximum absolute atomic E-state index is 12.7. The largest absolute Gasteiger partial charge is 0.416 e. The average Bonchev–Trinajstić information content (AvgIpc) is 3.08. The van der Waals surface area contributed by atoms with Gasteiger partial charge in [-0.1, -0.05) is 0 Å². The lowest BCUT2D eigenvalue weighted by Gasteiger charge is -2.13. The summed E-state index contributed by atoms with van der Waals surface area (Å²) in [6.45, 7) is 0. The molecule has 1 aliphatic rings. The summed E-state index contributed by atoms with van der Waals surface area (Å²) in [4.78, 5) is 0.552. The third-order valence-electron chi connectivity index (χ3n) is 2.99. The third kappa shape index (κ3) is 2.27. The zero-order valence-corrected chi connectivity index (χ0v) is 9.95. The number of hydrogen-bond donors (Lipinski definition) is 0. The quantitative estimate of drug-likeness (QED) is 0.748. The van der Waals surface area contributed by atoms with Gasteiger partial charge in [-0.25, -0.2) is 0 Å². The van der Waals surface area contributed by atoms with Crippen molar-refractivity contribution in [1.29, 1.82) is 5.26 Å². The molecule has 1 aromatic rings. The summed E-state index contributed by atoms with van der Waals surface area (Å²) in [5.41, 5.74) is -0.841. The molecule has 90 valence electrons. The molecule has 1 aromatic carbocycles. The Hall–Kier alpha value is -1.15. The van der Waals surface area contributed by atoms with Crippen LogP contribution in [0, 0.1) is 11.3 Å². The Balaban J connectivity index is 2.51. The van der Waals surface area contributed by atoms with E-state index in [-0.39, 0.29) is 0 Å². The minimum atomic E-state index is -4.36. The molecule has 0 atom stereocenters. The van der Waals surface area contributed by atoms with Crippen molar-refractivity contribution in [3.05, 3.63) is 29.3 Å². The van der Waals surface area contributed by atoms with Crippen LogP contribution in [0.3, 0.4) is 0 Å². The van der Waals surface area contributed by atoms with Crippen molar-refractivity contribution >= 4 is 11.8 Å². The predicted octanol–water partition coefficient (Wildman–Crippen LogP) is 3.98. The molecule has 1 saturated carbocycles. The van der Waals surface area contributed by atoms with Crippen LogP contribution >= 0.6 is 11.8 Å². The van der Waals surface area contributed by atoms with Crippen molar-refractivity contribution in [3.63, 3.8) is 0 Å². The number of nitriles is 1. The van der Waals surface area contributed by atoms with Gasteiger partial charge in [0.15, 0.2) is 0 Å². The second kappa shape index (κ2) is 3.95. The highest BCUT2D eigenvalue weighted by atomic mass is 32.2. The molecule has 0 bridgehead atoms. The molecule has 1 nitrogen and oxygen atoms in total. The summed E-state index contributed by atoms with van der Waals surface area (Å²) >= 11 is 1.26. The highest BCUT2D eigenvalue weighted by molar-refractivity contribution is 7.98. The van der Waals surface area contributed by atoms with Crippen molar-refractivity contribution in [2.24, 2.45) is 0 Å². The zero-order valence-electron chi connectivity index (χ0n) is 9.14. The van der Waals surface area contributed by atoms with Crippen LogP contribution in [0.5, 0.6) is 0 Å². The Labute approximate surface area is 102 Å². The van der Waals surface area contributed by atoms with Crippen molar-refractivity contribution < 1.29 is 13.2 Å². The number of nitrogens with zero attached hydrogens (tertiary/aromatic N) is 1. The Kier molecular flexibility index (Phi) is 2.86. The third-order valence-corrected chi connectivity index (χ3v) is 3.69. The van der Waals surface area contributed by atoms with Crippen molar-refractivity contribution in [2.75, 3.05) is 6.26 Å². The molecule has 0 aliphatic heterocycles. The first-order chi connectivity index (χ1) is 7.91. The van der Waals surface area contributed by atoms with Crippen LogP contribution in [-0.4, -0.2) is 6.26 Å². The molecular weight excluding hydrogens is 247 g/mol. The molecular formula is C12H10F3NS. The second-order valence-electron chi connectivity index (χ2n) is 4.14. The molecule has 0 radical (unpaired) electrons. The molecule has 0 aromatic heterocycles. The van der Waals surface area contributed by atoms with Gasteiger partial charge in [0, 0.05) is 4.90 Å². The van der Waals surface area contributed by atoms with Gasteiger partial charge in [0.25, 0.3) is 0 Å². The molecule has 1 aliphatic carbocycles. The highest BCUT2D eigenvalue weighted by Gasteiger charge is 2.46. The lowest BCUT2D eigenvalue weighted by atomic mass is 9.96. The standard InChI is InChI=1S/C12H10F3NS/c1-17-10-5-8(11(7-16)2-3-11)4-9(6-10)12(13,14)15/h4-6H,2-3H2,1H3. The van der Waals surface area contributed by atoms with E-state index >= 15 is 0 Å². The summed E-state index contributed by atoms with van der Waals surface area (Å²) in [5, 5.41) is 9.03. The van der Waals surface area contributed by atoms with Crippen molar-refractivity contribution in [2.45, 2.75) is 29.3 Å². The van der Waals surface area contributed by atoms with Gasteiger partial charge in [0.2, 0.25) is 0 Å². The van der Waals surface area contributed by atoms with Crippen LogP contribution in [0.4, 0.5) is 13.2 Å². The molecule has 1 fully saturated rings. The van der Waals surface area contributed by atoms with Gasteiger partial charge >= 0.3 is 6.18 Å². The molecule has 2 rings (SSSR count). The molecule has 0 saturated heterocycles. The summed E-state index contributed by atoms with van der Waals surface area (Å²) in [5.74, 6) is 0. The van der Waals surface area contributed by atoms with Gasteiger partial charge in [0.05, 0.1) is 17.0 Å². The SMILES string of the molecule is CSc1cc(C(F)(F)F)cc(C2(C#N)CC2)c1. The van der Waals surface area contributed by atoms with E-state index in [4.69, 9.17) is 5.26 Å². The van der Waals surface area contributed by atoms with Gasteiger partial charge in [-0.3, -0.25) is 0 Å². The van der Waals surface area contributed by atoms with Gasteiger partial charge < -0.3 is 0 Å². The van der Waals surface area contributed by atoms with Gasteiger partial charge in [-0.05, 0) is 42.9 Å². The Morgan fingerprint density at radius 1 is 1.29 bits per heavy atom. The number of thioether (sulfide) groups is 1. The van der Waals surface area contributed by atoms with Gasteiger partial charge in [-0.2, -0.15) is 18.4 Å². The summed E-state index contributed by atoms with van der Waals surface area (Å²) in [7, 11) is 0. The molecule has 0 heterocycles. The van der Waals surface area contributed by atoms with Crippen LogP contribution in [0.25, 0.3) is 0 Å². The van der Waals surface area contributed by atoms with Crippen LogP contribution in [0.15, 0.2) is 23.1 Å². The van der Waals surface area contributed by atoms with Crippen LogP contribution in [0.1, 0.15) is 24.0 Å². The van der Waals surface area contributed by atoms with E-state index in [1.807, 2.05) is 0 Å². The van der Waals surface area contributed by atoms with Gasteiger partial charge in [0.1, 0.15) is 0 Å². The normalized spacial score (nSPS) is 17.6. The Morgan fingerprint density at radius 2 is 1.94 bits per heavy atom.